The van der Waals surface area contributed by atoms with E-state index in [9.17, 15) is 8.42 Å². The van der Waals surface area contributed by atoms with E-state index in [2.05, 4.69) is 15.2 Å². The molecule has 0 spiro atoms. The van der Waals surface area contributed by atoms with E-state index < -0.39 is 10.0 Å². The number of hydrogen-bond acceptors (Lipinski definition) is 5. The van der Waals surface area contributed by atoms with E-state index in [1.807, 2.05) is 18.2 Å². The first-order valence-corrected chi connectivity index (χ1v) is 8.83. The minimum absolute atomic E-state index is 0.151. The Labute approximate surface area is 123 Å². The Bertz CT molecular complexity index is 705. The van der Waals surface area contributed by atoms with Gasteiger partial charge in [0.05, 0.1) is 0 Å². The van der Waals surface area contributed by atoms with Gasteiger partial charge in [-0.15, -0.1) is 0 Å². The first-order valence-electron chi connectivity index (χ1n) is 7.18. The molecule has 1 aromatic carbocycles. The first kappa shape index (κ1) is 14.5. The molecule has 1 saturated heterocycles. The Morgan fingerprint density at radius 1 is 1.38 bits per heavy atom. The van der Waals surface area contributed by atoms with Crippen LogP contribution in [0.2, 0.25) is 0 Å². The zero-order chi connectivity index (χ0) is 14.7. The molecule has 6 nitrogen and oxygen atoms in total. The molecule has 0 saturated carbocycles. The fraction of sp³-hybridized carbons (Fsp3) is 0.500. The maximum Gasteiger partial charge on any atom is 0.217 e. The number of fused-ring (bicyclic) bond motifs is 1. The number of sulfonamides is 1. The van der Waals surface area contributed by atoms with Crippen LogP contribution in [-0.2, 0) is 15.8 Å². The molecular formula is C14H19N3O3S. The summed E-state index contributed by atoms with van der Waals surface area (Å²) in [4.78, 5) is 0. The van der Waals surface area contributed by atoms with Crippen molar-refractivity contribution >= 4 is 21.0 Å². The normalized spacial score (nSPS) is 19.3. The highest BCUT2D eigenvalue weighted by atomic mass is 32.2. The predicted octanol–water partition coefficient (Wildman–Crippen LogP) is 1.39. The van der Waals surface area contributed by atoms with Crippen molar-refractivity contribution < 1.29 is 12.9 Å². The minimum Gasteiger partial charge on any atom is -0.356 e. The van der Waals surface area contributed by atoms with Gasteiger partial charge in [0.15, 0.2) is 5.58 Å². The van der Waals surface area contributed by atoms with Crippen molar-refractivity contribution in [3.05, 3.63) is 30.0 Å². The molecular weight excluding hydrogens is 290 g/mol. The van der Waals surface area contributed by atoms with Crippen molar-refractivity contribution in [1.82, 2.24) is 15.2 Å². The van der Waals surface area contributed by atoms with Crippen LogP contribution in [0.4, 0.5) is 0 Å². The second-order valence-corrected chi connectivity index (χ2v) is 7.17. The van der Waals surface area contributed by atoms with Gasteiger partial charge in [-0.05, 0) is 37.9 Å². The molecule has 0 radical (unpaired) electrons. The predicted molar refractivity (Wildman–Crippen MR) is 80.3 cm³/mol. The molecule has 1 fully saturated rings. The molecule has 21 heavy (non-hydrogen) atoms. The number of para-hydroxylation sites is 1. The number of rotatable bonds is 6. The van der Waals surface area contributed by atoms with Gasteiger partial charge in [-0.3, -0.25) is 0 Å². The highest BCUT2D eigenvalue weighted by Crippen LogP contribution is 2.19. The maximum atomic E-state index is 12.1. The van der Waals surface area contributed by atoms with Gasteiger partial charge < -0.3 is 9.84 Å². The van der Waals surface area contributed by atoms with Gasteiger partial charge in [0, 0.05) is 18.0 Å². The second-order valence-electron chi connectivity index (χ2n) is 5.36. The third-order valence-corrected chi connectivity index (χ3v) is 5.05. The molecule has 0 bridgehead atoms. The molecule has 1 aliphatic rings. The van der Waals surface area contributed by atoms with Crippen molar-refractivity contribution in [2.75, 3.05) is 13.1 Å². The van der Waals surface area contributed by atoms with E-state index in [0.29, 0.717) is 23.9 Å². The second kappa shape index (κ2) is 6.13. The van der Waals surface area contributed by atoms with E-state index in [4.69, 9.17) is 4.52 Å². The fourth-order valence-corrected chi connectivity index (χ4v) is 3.76. The van der Waals surface area contributed by atoms with E-state index >= 15 is 0 Å². The fourth-order valence-electron chi connectivity index (χ4n) is 2.66. The molecule has 1 atom stereocenters. The maximum absolute atomic E-state index is 12.1. The lowest BCUT2D eigenvalue weighted by atomic mass is 10.2. The summed E-state index contributed by atoms with van der Waals surface area (Å²) in [6, 6.07) is 7.70. The lowest BCUT2D eigenvalue weighted by Crippen LogP contribution is -2.31. The quantitative estimate of drug-likeness (QED) is 0.842. The third-order valence-electron chi connectivity index (χ3n) is 3.76. The molecule has 0 aliphatic carbocycles. The molecule has 2 aromatic rings. The van der Waals surface area contributed by atoms with Gasteiger partial charge in [0.1, 0.15) is 11.4 Å². The highest BCUT2D eigenvalue weighted by molar-refractivity contribution is 7.88. The van der Waals surface area contributed by atoms with Crippen LogP contribution in [0.15, 0.2) is 28.8 Å². The van der Waals surface area contributed by atoms with E-state index in [1.165, 1.54) is 6.42 Å². The van der Waals surface area contributed by atoms with Crippen LogP contribution >= 0.6 is 0 Å². The summed E-state index contributed by atoms with van der Waals surface area (Å²) in [6.07, 6.45) is 3.11. The molecule has 3 rings (SSSR count). The van der Waals surface area contributed by atoms with Crippen LogP contribution in [0.25, 0.3) is 11.0 Å². The summed E-state index contributed by atoms with van der Waals surface area (Å²) >= 11 is 0. The summed E-state index contributed by atoms with van der Waals surface area (Å²) < 4.78 is 32.0. The van der Waals surface area contributed by atoms with Gasteiger partial charge in [0.25, 0.3) is 0 Å². The van der Waals surface area contributed by atoms with Gasteiger partial charge >= 0.3 is 0 Å². The van der Waals surface area contributed by atoms with E-state index in [0.717, 1.165) is 24.8 Å². The van der Waals surface area contributed by atoms with Crippen LogP contribution < -0.4 is 10.0 Å². The Morgan fingerprint density at radius 2 is 2.24 bits per heavy atom. The monoisotopic (exact) mass is 309 g/mol. The van der Waals surface area contributed by atoms with E-state index in [-0.39, 0.29) is 5.75 Å². The molecule has 0 unspecified atom stereocenters. The number of aromatic nitrogens is 1. The average Bonchev–Trinajstić information content (AvgIpc) is 3.09. The molecule has 1 aromatic heterocycles. The minimum atomic E-state index is -3.39. The zero-order valence-corrected chi connectivity index (χ0v) is 12.5. The summed E-state index contributed by atoms with van der Waals surface area (Å²) in [5.74, 6) is -0.151. The van der Waals surface area contributed by atoms with Gasteiger partial charge in [-0.25, -0.2) is 13.1 Å². The number of nitrogens with one attached hydrogen (secondary N) is 2. The van der Waals surface area contributed by atoms with Crippen LogP contribution in [0.1, 0.15) is 25.0 Å². The van der Waals surface area contributed by atoms with Gasteiger partial charge in [-0.2, -0.15) is 0 Å². The number of hydrogen-bond donors (Lipinski definition) is 2. The molecule has 0 amide bonds. The van der Waals surface area contributed by atoms with Crippen molar-refractivity contribution in [1.29, 1.82) is 0 Å². The molecule has 114 valence electrons. The first-order chi connectivity index (χ1) is 10.1. The smallest absolute Gasteiger partial charge is 0.217 e. The molecule has 1 aliphatic heterocycles. The van der Waals surface area contributed by atoms with Gasteiger partial charge in [0.2, 0.25) is 10.0 Å². The standard InChI is InChI=1S/C14H19N3O3S/c18-21(19,16-9-7-11-4-3-8-15-11)10-13-12-5-1-2-6-14(12)20-17-13/h1-2,5-6,11,15-16H,3-4,7-10H2/t11-/m1/s1. The lowest BCUT2D eigenvalue weighted by Gasteiger charge is -2.10. The largest absolute Gasteiger partial charge is 0.356 e. The average molecular weight is 309 g/mol. The zero-order valence-electron chi connectivity index (χ0n) is 11.7. The molecule has 2 N–H and O–H groups in total. The highest BCUT2D eigenvalue weighted by Gasteiger charge is 2.18. The van der Waals surface area contributed by atoms with Crippen molar-refractivity contribution in [2.45, 2.75) is 31.1 Å². The van der Waals surface area contributed by atoms with Gasteiger partial charge in [-0.1, -0.05) is 17.3 Å². The summed E-state index contributed by atoms with van der Waals surface area (Å²) in [5.41, 5.74) is 1.06. The summed E-state index contributed by atoms with van der Waals surface area (Å²) in [6.45, 7) is 1.48. The topological polar surface area (TPSA) is 84.2 Å². The van der Waals surface area contributed by atoms with Crippen LogP contribution in [0.3, 0.4) is 0 Å². The van der Waals surface area contributed by atoms with Crippen LogP contribution in [-0.4, -0.2) is 32.7 Å². The number of benzene rings is 1. The molecule has 7 heteroatoms. The Morgan fingerprint density at radius 3 is 3.05 bits per heavy atom. The summed E-state index contributed by atoms with van der Waals surface area (Å²) in [5, 5.41) is 7.96. The summed E-state index contributed by atoms with van der Waals surface area (Å²) in [7, 11) is -3.39. The van der Waals surface area contributed by atoms with E-state index in [1.54, 1.807) is 6.07 Å². The van der Waals surface area contributed by atoms with Crippen LogP contribution in [0.5, 0.6) is 0 Å². The van der Waals surface area contributed by atoms with Crippen molar-refractivity contribution in [2.24, 2.45) is 0 Å². The van der Waals surface area contributed by atoms with Crippen molar-refractivity contribution in [3.8, 4) is 0 Å². The number of nitrogens with zero attached hydrogens (tertiary/aromatic N) is 1. The SMILES string of the molecule is O=S(=O)(Cc1noc2ccccc12)NCC[C@H]1CCCN1. The van der Waals surface area contributed by atoms with Crippen molar-refractivity contribution in [3.63, 3.8) is 0 Å². The third kappa shape index (κ3) is 3.61. The Kier molecular flexibility index (Phi) is 4.23. The molecule has 2 heterocycles. The Balaban J connectivity index is 1.60. The Hall–Kier alpha value is -1.44. The van der Waals surface area contributed by atoms with Crippen LogP contribution in [0, 0.1) is 0 Å². The lowest BCUT2D eigenvalue weighted by molar-refractivity contribution is 0.448.